The summed E-state index contributed by atoms with van der Waals surface area (Å²) in [5.41, 5.74) is 1.93. The van der Waals surface area contributed by atoms with Crippen LogP contribution in [0.15, 0.2) is 59.0 Å². The summed E-state index contributed by atoms with van der Waals surface area (Å²) in [6.07, 6.45) is 0. The van der Waals surface area contributed by atoms with Gasteiger partial charge in [0.25, 0.3) is 11.6 Å². The Labute approximate surface area is 145 Å². The molecule has 0 radical (unpaired) electrons. The Morgan fingerprint density at radius 1 is 1.12 bits per heavy atom. The fourth-order valence-corrected chi connectivity index (χ4v) is 2.53. The summed E-state index contributed by atoms with van der Waals surface area (Å²) in [4.78, 5) is 11.5. The van der Waals surface area contributed by atoms with Crippen molar-refractivity contribution in [2.24, 2.45) is 0 Å². The summed E-state index contributed by atoms with van der Waals surface area (Å²) >= 11 is 0. The number of non-ortho nitro benzene ring substituents is 1. The van der Waals surface area contributed by atoms with Gasteiger partial charge in [0.15, 0.2) is 6.04 Å². The zero-order valence-electron chi connectivity index (χ0n) is 14.0. The summed E-state index contributed by atoms with van der Waals surface area (Å²) in [6.45, 7) is 2.88. The molecule has 1 unspecified atom stereocenters. The predicted octanol–water partition coefficient (Wildman–Crippen LogP) is 2.42. The lowest BCUT2D eigenvalue weighted by molar-refractivity contribution is -0.925. The van der Waals surface area contributed by atoms with E-state index in [1.807, 2.05) is 25.1 Å². The Balaban J connectivity index is 1.72. The van der Waals surface area contributed by atoms with Crippen LogP contribution in [0.5, 0.6) is 0 Å². The van der Waals surface area contributed by atoms with Gasteiger partial charge in [0.2, 0.25) is 5.89 Å². The number of aromatic nitrogens is 2. The second-order valence-corrected chi connectivity index (χ2v) is 5.98. The molecule has 3 aromatic rings. The third-order valence-corrected chi connectivity index (χ3v) is 4.20. The van der Waals surface area contributed by atoms with E-state index in [9.17, 15) is 10.1 Å². The number of quaternary nitrogens is 1. The van der Waals surface area contributed by atoms with Crippen LogP contribution in [-0.4, -0.2) is 22.2 Å². The smallest absolute Gasteiger partial charge is 0.274 e. The summed E-state index contributed by atoms with van der Waals surface area (Å²) in [6, 6.07) is 16.3. The normalized spacial score (nSPS) is 13.4. The van der Waals surface area contributed by atoms with Gasteiger partial charge in [-0.05, 0) is 19.1 Å². The molecule has 7 heteroatoms. The molecule has 2 atom stereocenters. The second-order valence-electron chi connectivity index (χ2n) is 5.98. The Hall–Kier alpha value is -3.06. The monoisotopic (exact) mass is 339 g/mol. The number of nitrogens with one attached hydrogen (secondary N) is 1. The van der Waals surface area contributed by atoms with E-state index in [1.54, 1.807) is 12.1 Å². The minimum atomic E-state index is -0.438. The first-order valence-corrected chi connectivity index (χ1v) is 7.99. The highest BCUT2D eigenvalue weighted by atomic mass is 16.6. The van der Waals surface area contributed by atoms with Crippen molar-refractivity contribution in [3.05, 3.63) is 76.2 Å². The first-order valence-electron chi connectivity index (χ1n) is 7.99. The third kappa shape index (κ3) is 3.89. The van der Waals surface area contributed by atoms with E-state index < -0.39 is 4.92 Å². The molecule has 1 heterocycles. The van der Waals surface area contributed by atoms with E-state index in [4.69, 9.17) is 4.42 Å². The summed E-state index contributed by atoms with van der Waals surface area (Å²) in [7, 11) is 2.08. The lowest BCUT2D eigenvalue weighted by Gasteiger charge is -2.18. The fraction of sp³-hybridized carbons (Fsp3) is 0.222. The maximum Gasteiger partial charge on any atom is 0.274 e. The van der Waals surface area contributed by atoms with Crippen LogP contribution < -0.4 is 4.90 Å². The molecular formula is C18H19N4O3+. The van der Waals surface area contributed by atoms with E-state index in [0.29, 0.717) is 17.3 Å². The average molecular weight is 339 g/mol. The summed E-state index contributed by atoms with van der Waals surface area (Å²) < 4.78 is 5.78. The highest BCUT2D eigenvalue weighted by Crippen LogP contribution is 2.22. The van der Waals surface area contributed by atoms with Crippen molar-refractivity contribution in [1.82, 2.24) is 10.2 Å². The molecule has 1 N–H and O–H groups in total. The van der Waals surface area contributed by atoms with Crippen LogP contribution >= 0.6 is 0 Å². The number of hydrogen-bond donors (Lipinski definition) is 1. The van der Waals surface area contributed by atoms with Gasteiger partial charge < -0.3 is 9.32 Å². The Morgan fingerprint density at radius 3 is 2.44 bits per heavy atom. The Morgan fingerprint density at radius 2 is 1.80 bits per heavy atom. The van der Waals surface area contributed by atoms with Crippen molar-refractivity contribution in [3.63, 3.8) is 0 Å². The number of rotatable bonds is 6. The van der Waals surface area contributed by atoms with Crippen LogP contribution in [0.25, 0.3) is 11.5 Å². The van der Waals surface area contributed by atoms with Crippen LogP contribution in [0.1, 0.15) is 24.4 Å². The van der Waals surface area contributed by atoms with E-state index in [2.05, 4.69) is 29.4 Å². The number of nitro benzene ring substituents is 1. The maximum absolute atomic E-state index is 10.7. The molecular weight excluding hydrogens is 320 g/mol. The topological polar surface area (TPSA) is 86.5 Å². The van der Waals surface area contributed by atoms with Gasteiger partial charge in [-0.1, -0.05) is 30.3 Å². The molecule has 7 nitrogen and oxygen atoms in total. The van der Waals surface area contributed by atoms with Crippen LogP contribution in [0.4, 0.5) is 5.69 Å². The standard InChI is InChI=1S/C18H18N4O3/c1-13(21(2)12-14-6-4-3-5-7-14)17-19-20-18(25-17)15-8-10-16(11-9-15)22(23)24/h3-11,13H,12H2,1-2H3/p+1/t13-/m0/s1. The molecule has 0 saturated heterocycles. The Bertz CT molecular complexity index is 846. The zero-order chi connectivity index (χ0) is 17.8. The largest absolute Gasteiger partial charge is 0.415 e. The van der Waals surface area contributed by atoms with Gasteiger partial charge in [-0.3, -0.25) is 10.1 Å². The fourth-order valence-electron chi connectivity index (χ4n) is 2.53. The molecule has 0 spiro atoms. The van der Waals surface area contributed by atoms with E-state index in [-0.39, 0.29) is 11.7 Å². The van der Waals surface area contributed by atoms with E-state index >= 15 is 0 Å². The number of hydrogen-bond acceptors (Lipinski definition) is 5. The van der Waals surface area contributed by atoms with E-state index in [1.165, 1.54) is 22.6 Å². The molecule has 2 aromatic carbocycles. The molecule has 0 amide bonds. The number of benzene rings is 2. The van der Waals surface area contributed by atoms with Gasteiger partial charge in [-0.15, -0.1) is 10.2 Å². The van der Waals surface area contributed by atoms with Gasteiger partial charge in [0.05, 0.1) is 12.0 Å². The quantitative estimate of drug-likeness (QED) is 0.550. The molecule has 1 aromatic heterocycles. The first-order chi connectivity index (χ1) is 12.0. The van der Waals surface area contributed by atoms with Crippen LogP contribution in [0, 0.1) is 10.1 Å². The SMILES string of the molecule is C[C@@H](c1nnc(-c2ccc([N+](=O)[O-])cc2)o1)[NH+](C)Cc1ccccc1. The molecule has 0 aliphatic rings. The molecule has 0 aliphatic heterocycles. The minimum Gasteiger partial charge on any atom is -0.415 e. The number of nitro groups is 1. The van der Waals surface area contributed by atoms with Crippen molar-refractivity contribution in [3.8, 4) is 11.5 Å². The van der Waals surface area contributed by atoms with Gasteiger partial charge in [-0.25, -0.2) is 0 Å². The highest BCUT2D eigenvalue weighted by Gasteiger charge is 2.22. The average Bonchev–Trinajstić information content (AvgIpc) is 3.12. The van der Waals surface area contributed by atoms with Crippen molar-refractivity contribution in [2.75, 3.05) is 7.05 Å². The lowest BCUT2D eigenvalue weighted by atomic mass is 10.2. The molecule has 3 rings (SSSR count). The summed E-state index contributed by atoms with van der Waals surface area (Å²) in [5.74, 6) is 0.908. The van der Waals surface area contributed by atoms with Crippen LogP contribution in [0.3, 0.4) is 0 Å². The minimum absolute atomic E-state index is 0.0273. The Kier molecular flexibility index (Phi) is 4.85. The zero-order valence-corrected chi connectivity index (χ0v) is 14.0. The molecule has 0 saturated carbocycles. The molecule has 0 fully saturated rings. The van der Waals surface area contributed by atoms with Crippen molar-refractivity contribution < 1.29 is 14.2 Å². The van der Waals surface area contributed by atoms with Crippen LogP contribution in [0.2, 0.25) is 0 Å². The molecule has 0 aliphatic carbocycles. The van der Waals surface area contributed by atoms with Gasteiger partial charge >= 0.3 is 0 Å². The van der Waals surface area contributed by atoms with Gasteiger partial charge in [0.1, 0.15) is 6.54 Å². The van der Waals surface area contributed by atoms with Gasteiger partial charge in [-0.2, -0.15) is 0 Å². The van der Waals surface area contributed by atoms with Gasteiger partial charge in [0, 0.05) is 23.3 Å². The predicted molar refractivity (Wildman–Crippen MR) is 91.8 cm³/mol. The van der Waals surface area contributed by atoms with Crippen LogP contribution in [-0.2, 0) is 6.54 Å². The van der Waals surface area contributed by atoms with E-state index in [0.717, 1.165) is 6.54 Å². The van der Waals surface area contributed by atoms with Crippen molar-refractivity contribution >= 4 is 5.69 Å². The lowest BCUT2D eigenvalue weighted by Crippen LogP contribution is -3.07. The third-order valence-electron chi connectivity index (χ3n) is 4.20. The maximum atomic E-state index is 10.7. The summed E-state index contributed by atoms with van der Waals surface area (Å²) in [5, 5.41) is 18.9. The van der Waals surface area contributed by atoms with Crippen molar-refractivity contribution in [2.45, 2.75) is 19.5 Å². The molecule has 25 heavy (non-hydrogen) atoms. The second kappa shape index (κ2) is 7.23. The molecule has 0 bridgehead atoms. The number of nitrogens with zero attached hydrogens (tertiary/aromatic N) is 3. The highest BCUT2D eigenvalue weighted by molar-refractivity contribution is 5.55. The van der Waals surface area contributed by atoms with Crippen molar-refractivity contribution in [1.29, 1.82) is 0 Å². The molecule has 128 valence electrons. The first kappa shape index (κ1) is 16.8.